The Labute approximate surface area is 222 Å². The SMILES string of the molecule is CC(C)N(CCO)C(=O)c1nc(CC2(c3cccc(Cl)c3)CCCC2)[nH]c(=O)c1OCc1ccccc1. The first-order valence-electron chi connectivity index (χ1n) is 12.8. The zero-order valence-electron chi connectivity index (χ0n) is 21.4. The van der Waals surface area contributed by atoms with Gasteiger partial charge in [0.05, 0.1) is 6.61 Å². The molecule has 1 aliphatic carbocycles. The molecule has 1 amide bonds. The molecule has 0 saturated heterocycles. The van der Waals surface area contributed by atoms with E-state index in [-0.39, 0.29) is 42.7 Å². The maximum atomic E-state index is 13.6. The molecule has 0 aliphatic heterocycles. The molecule has 1 fully saturated rings. The highest BCUT2D eigenvalue weighted by atomic mass is 35.5. The van der Waals surface area contributed by atoms with Crippen LogP contribution < -0.4 is 10.3 Å². The molecule has 1 heterocycles. The molecule has 4 rings (SSSR count). The molecule has 196 valence electrons. The molecule has 8 heteroatoms. The summed E-state index contributed by atoms with van der Waals surface area (Å²) in [6.45, 7) is 3.78. The van der Waals surface area contributed by atoms with Crippen molar-refractivity contribution in [2.45, 2.75) is 64.0 Å². The Morgan fingerprint density at radius 3 is 2.54 bits per heavy atom. The first-order chi connectivity index (χ1) is 17.8. The summed E-state index contributed by atoms with van der Waals surface area (Å²) < 4.78 is 5.90. The van der Waals surface area contributed by atoms with Gasteiger partial charge in [0.2, 0.25) is 5.75 Å². The number of benzene rings is 2. The minimum atomic E-state index is -0.490. The third-order valence-electron chi connectivity index (χ3n) is 7.08. The lowest BCUT2D eigenvalue weighted by Crippen LogP contribution is -2.40. The first-order valence-corrected chi connectivity index (χ1v) is 13.2. The Hall–Kier alpha value is -3.16. The molecule has 0 atom stereocenters. The number of hydrogen-bond acceptors (Lipinski definition) is 5. The lowest BCUT2D eigenvalue weighted by molar-refractivity contribution is 0.0652. The molecule has 3 aromatic rings. The lowest BCUT2D eigenvalue weighted by Gasteiger charge is -2.30. The van der Waals surface area contributed by atoms with Crippen LogP contribution in [0.2, 0.25) is 5.02 Å². The van der Waals surface area contributed by atoms with Crippen LogP contribution in [0.15, 0.2) is 59.4 Å². The zero-order chi connectivity index (χ0) is 26.4. The van der Waals surface area contributed by atoms with Gasteiger partial charge in [-0.2, -0.15) is 0 Å². The number of carbonyl (C=O) groups is 1. The summed E-state index contributed by atoms with van der Waals surface area (Å²) >= 11 is 6.32. The standard InChI is InChI=1S/C29H34ClN3O4/c1-20(2)33(15-16-34)28(36)25-26(37-19-21-9-4-3-5-10-21)27(35)32-24(31-25)18-29(13-6-7-14-29)22-11-8-12-23(30)17-22/h3-5,8-12,17,20,34H,6-7,13-16,18-19H2,1-2H3,(H,31,32,35). The molecular formula is C29H34ClN3O4. The van der Waals surface area contributed by atoms with Crippen LogP contribution >= 0.6 is 11.6 Å². The van der Waals surface area contributed by atoms with Gasteiger partial charge in [0.25, 0.3) is 11.5 Å². The van der Waals surface area contributed by atoms with E-state index < -0.39 is 11.5 Å². The number of ether oxygens (including phenoxy) is 1. The van der Waals surface area contributed by atoms with Gasteiger partial charge in [0.1, 0.15) is 12.4 Å². The van der Waals surface area contributed by atoms with Crippen LogP contribution in [0.25, 0.3) is 0 Å². The van der Waals surface area contributed by atoms with Crippen LogP contribution in [0, 0.1) is 0 Å². The number of aliphatic hydroxyl groups is 1. The maximum Gasteiger partial charge on any atom is 0.294 e. The van der Waals surface area contributed by atoms with Gasteiger partial charge in [0, 0.05) is 29.4 Å². The molecule has 0 bridgehead atoms. The Kier molecular flexibility index (Phi) is 8.67. The average Bonchev–Trinajstić information content (AvgIpc) is 3.36. The summed E-state index contributed by atoms with van der Waals surface area (Å²) in [7, 11) is 0. The summed E-state index contributed by atoms with van der Waals surface area (Å²) in [4.78, 5) is 36.1. The number of rotatable bonds is 10. The number of nitrogens with zero attached hydrogens (tertiary/aromatic N) is 2. The Bertz CT molecular complexity index is 1270. The molecule has 7 nitrogen and oxygen atoms in total. The maximum absolute atomic E-state index is 13.6. The fraction of sp³-hybridized carbons (Fsp3) is 0.414. The van der Waals surface area contributed by atoms with Crippen LogP contribution in [-0.2, 0) is 18.4 Å². The number of nitrogens with one attached hydrogen (secondary N) is 1. The van der Waals surface area contributed by atoms with Crippen molar-refractivity contribution in [1.29, 1.82) is 0 Å². The van der Waals surface area contributed by atoms with E-state index in [0.29, 0.717) is 17.3 Å². The van der Waals surface area contributed by atoms with Crippen molar-refractivity contribution in [3.05, 3.63) is 92.6 Å². The molecule has 0 unspecified atom stereocenters. The number of amides is 1. The number of aromatic amines is 1. The van der Waals surface area contributed by atoms with E-state index in [0.717, 1.165) is 36.8 Å². The number of aliphatic hydroxyl groups excluding tert-OH is 1. The molecule has 37 heavy (non-hydrogen) atoms. The van der Waals surface area contributed by atoms with Gasteiger partial charge in [-0.3, -0.25) is 9.59 Å². The van der Waals surface area contributed by atoms with Crippen LogP contribution in [0.5, 0.6) is 5.75 Å². The molecule has 2 N–H and O–H groups in total. The predicted octanol–water partition coefficient (Wildman–Crippen LogP) is 4.90. The molecule has 0 radical (unpaired) electrons. The van der Waals surface area contributed by atoms with Gasteiger partial charge in [-0.1, -0.05) is 66.9 Å². The molecule has 1 aromatic heterocycles. The smallest absolute Gasteiger partial charge is 0.294 e. The van der Waals surface area contributed by atoms with E-state index in [1.54, 1.807) is 0 Å². The molecule has 2 aromatic carbocycles. The summed E-state index contributed by atoms with van der Waals surface area (Å²) in [6, 6.07) is 17.1. The Morgan fingerprint density at radius 2 is 1.89 bits per heavy atom. The number of hydrogen-bond donors (Lipinski definition) is 2. The second-order valence-corrected chi connectivity index (χ2v) is 10.4. The minimum Gasteiger partial charge on any atom is -0.481 e. The van der Waals surface area contributed by atoms with E-state index in [1.807, 2.05) is 62.4 Å². The Balaban J connectivity index is 1.74. The molecular weight excluding hydrogens is 490 g/mol. The molecule has 0 spiro atoms. The van der Waals surface area contributed by atoms with E-state index in [1.165, 1.54) is 4.90 Å². The third kappa shape index (κ3) is 6.22. The highest BCUT2D eigenvalue weighted by Gasteiger charge is 2.37. The third-order valence-corrected chi connectivity index (χ3v) is 7.32. The van der Waals surface area contributed by atoms with Gasteiger partial charge >= 0.3 is 0 Å². The number of carbonyl (C=O) groups excluding carboxylic acids is 1. The number of aromatic nitrogens is 2. The van der Waals surface area contributed by atoms with Crippen molar-refractivity contribution in [1.82, 2.24) is 14.9 Å². The fourth-order valence-corrected chi connectivity index (χ4v) is 5.39. The Morgan fingerprint density at radius 1 is 1.16 bits per heavy atom. The van der Waals surface area contributed by atoms with Crippen molar-refractivity contribution in [2.24, 2.45) is 0 Å². The summed E-state index contributed by atoms with van der Waals surface area (Å²) in [5.74, 6) is -0.109. The zero-order valence-corrected chi connectivity index (χ0v) is 22.1. The van der Waals surface area contributed by atoms with Crippen LogP contribution in [0.1, 0.15) is 67.0 Å². The van der Waals surface area contributed by atoms with Gasteiger partial charge < -0.3 is 19.7 Å². The minimum absolute atomic E-state index is 0.0314. The van der Waals surface area contributed by atoms with E-state index in [4.69, 9.17) is 21.3 Å². The monoisotopic (exact) mass is 523 g/mol. The summed E-state index contributed by atoms with van der Waals surface area (Å²) in [6.07, 6.45) is 4.49. The van der Waals surface area contributed by atoms with Crippen LogP contribution in [0.4, 0.5) is 0 Å². The van der Waals surface area contributed by atoms with Crippen molar-refractivity contribution in [3.8, 4) is 5.75 Å². The first kappa shape index (κ1) is 26.9. The molecule has 1 saturated carbocycles. The topological polar surface area (TPSA) is 95.5 Å². The normalized spacial score (nSPS) is 14.6. The number of H-pyrrole nitrogens is 1. The second-order valence-electron chi connectivity index (χ2n) is 9.96. The largest absolute Gasteiger partial charge is 0.481 e. The molecule has 1 aliphatic rings. The van der Waals surface area contributed by atoms with E-state index >= 15 is 0 Å². The van der Waals surface area contributed by atoms with Crippen molar-refractivity contribution in [2.75, 3.05) is 13.2 Å². The van der Waals surface area contributed by atoms with E-state index in [2.05, 4.69) is 11.1 Å². The average molecular weight is 524 g/mol. The second kappa shape index (κ2) is 11.9. The quantitative estimate of drug-likeness (QED) is 0.394. The predicted molar refractivity (Wildman–Crippen MR) is 144 cm³/mol. The van der Waals surface area contributed by atoms with Crippen LogP contribution in [-0.4, -0.2) is 45.1 Å². The summed E-state index contributed by atoms with van der Waals surface area (Å²) in [5, 5.41) is 10.2. The van der Waals surface area contributed by atoms with E-state index in [9.17, 15) is 14.7 Å². The summed E-state index contributed by atoms with van der Waals surface area (Å²) in [5.41, 5.74) is 1.23. The van der Waals surface area contributed by atoms with Crippen molar-refractivity contribution >= 4 is 17.5 Å². The van der Waals surface area contributed by atoms with Gasteiger partial charge in [-0.25, -0.2) is 4.98 Å². The number of halogens is 1. The van der Waals surface area contributed by atoms with Crippen molar-refractivity contribution < 1.29 is 14.6 Å². The van der Waals surface area contributed by atoms with Gasteiger partial charge in [-0.15, -0.1) is 0 Å². The lowest BCUT2D eigenvalue weighted by atomic mass is 9.76. The van der Waals surface area contributed by atoms with Crippen LogP contribution in [0.3, 0.4) is 0 Å². The highest BCUT2D eigenvalue weighted by Crippen LogP contribution is 2.43. The highest BCUT2D eigenvalue weighted by molar-refractivity contribution is 6.30. The van der Waals surface area contributed by atoms with Gasteiger partial charge in [0.15, 0.2) is 5.69 Å². The van der Waals surface area contributed by atoms with Gasteiger partial charge in [-0.05, 0) is 49.9 Å². The fourth-order valence-electron chi connectivity index (χ4n) is 5.20. The van der Waals surface area contributed by atoms with Crippen molar-refractivity contribution in [3.63, 3.8) is 0 Å².